The molecule has 1 rings (SSSR count). The van der Waals surface area contributed by atoms with Gasteiger partial charge in [-0.15, -0.1) is 0 Å². The predicted molar refractivity (Wildman–Crippen MR) is 63.6 cm³/mol. The summed E-state index contributed by atoms with van der Waals surface area (Å²) in [5.41, 5.74) is 0. The van der Waals surface area contributed by atoms with Gasteiger partial charge in [-0.1, -0.05) is 25.6 Å². The van der Waals surface area contributed by atoms with Gasteiger partial charge in [0.1, 0.15) is 10.7 Å². The Morgan fingerprint density at radius 2 is 2.07 bits per heavy atom. The maximum Gasteiger partial charge on any atom is 0.313 e. The van der Waals surface area contributed by atoms with E-state index in [9.17, 15) is 9.59 Å². The molecule has 0 N–H and O–H groups in total. The lowest BCUT2D eigenvalue weighted by Gasteiger charge is -2.02. The van der Waals surface area contributed by atoms with Crippen LogP contribution in [0.2, 0.25) is 0 Å². The molecule has 1 saturated carbocycles. The number of esters is 1. The summed E-state index contributed by atoms with van der Waals surface area (Å²) in [5, 5.41) is 0.103. The van der Waals surface area contributed by atoms with E-state index in [4.69, 9.17) is 4.74 Å². The minimum atomic E-state index is -0.241. The fourth-order valence-electron chi connectivity index (χ4n) is 0.844. The predicted octanol–water partition coefficient (Wildman–Crippen LogP) is 2.84. The molecular formula is C10H13BrO3S. The third-order valence-corrected chi connectivity index (χ3v) is 3.44. The second-order valence-electron chi connectivity index (χ2n) is 3.63. The molecule has 0 saturated heterocycles. The Morgan fingerprint density at radius 3 is 2.53 bits per heavy atom. The molecule has 0 bridgehead atoms. The summed E-state index contributed by atoms with van der Waals surface area (Å²) in [6.07, 6.45) is 3.00. The molecule has 0 atom stereocenters. The third-order valence-electron chi connectivity index (χ3n) is 1.73. The van der Waals surface area contributed by atoms with Gasteiger partial charge in [0.15, 0.2) is 0 Å². The molecular weight excluding hydrogens is 280 g/mol. The van der Waals surface area contributed by atoms with Crippen LogP contribution in [0.4, 0.5) is 0 Å². The Morgan fingerprint density at radius 1 is 1.47 bits per heavy atom. The summed E-state index contributed by atoms with van der Waals surface area (Å²) < 4.78 is 5.15. The Bertz CT molecular complexity index is 295. The van der Waals surface area contributed by atoms with E-state index in [1.807, 2.05) is 13.8 Å². The quantitative estimate of drug-likeness (QED) is 0.454. The van der Waals surface area contributed by atoms with Crippen LogP contribution in [0.1, 0.15) is 26.7 Å². The van der Waals surface area contributed by atoms with E-state index in [1.165, 1.54) is 18.0 Å². The normalized spacial score (nSPS) is 16.7. The molecule has 5 heteroatoms. The number of carbonyl (C=O) groups excluding carboxylic acids is 2. The summed E-state index contributed by atoms with van der Waals surface area (Å²) >= 11 is 4.28. The third kappa shape index (κ3) is 4.84. The lowest BCUT2D eigenvalue weighted by Crippen LogP contribution is -2.03. The van der Waals surface area contributed by atoms with Gasteiger partial charge in [0.25, 0.3) is 0 Å². The van der Waals surface area contributed by atoms with Crippen molar-refractivity contribution < 1.29 is 14.3 Å². The molecule has 0 heterocycles. The van der Waals surface area contributed by atoms with Crippen LogP contribution in [-0.2, 0) is 14.3 Å². The monoisotopic (exact) mass is 292 g/mol. The van der Waals surface area contributed by atoms with Crippen molar-refractivity contribution >= 4 is 38.8 Å². The van der Waals surface area contributed by atoms with Gasteiger partial charge >= 0.3 is 5.97 Å². The molecule has 1 aliphatic rings. The number of ether oxygens (including phenoxy) is 1. The number of halogens is 1. The maximum atomic E-state index is 11.4. The van der Waals surface area contributed by atoms with Crippen LogP contribution in [0, 0.1) is 5.92 Å². The highest BCUT2D eigenvalue weighted by molar-refractivity contribution is 9.12. The van der Waals surface area contributed by atoms with Gasteiger partial charge in [-0.2, -0.15) is 0 Å². The van der Waals surface area contributed by atoms with E-state index in [0.29, 0.717) is 4.48 Å². The van der Waals surface area contributed by atoms with E-state index in [0.717, 1.165) is 12.8 Å². The van der Waals surface area contributed by atoms with E-state index in [-0.39, 0.29) is 22.3 Å². The Labute approximate surface area is 102 Å². The highest BCUT2D eigenvalue weighted by Gasteiger charge is 2.31. The smallest absolute Gasteiger partial charge is 0.313 e. The molecule has 0 aromatic rings. The molecule has 0 unspecified atom stereocenters. The van der Waals surface area contributed by atoms with Crippen molar-refractivity contribution in [2.24, 2.45) is 5.92 Å². The summed E-state index contributed by atoms with van der Waals surface area (Å²) in [6, 6.07) is 0. The zero-order chi connectivity index (χ0) is 11.4. The fourth-order valence-corrected chi connectivity index (χ4v) is 1.81. The first-order valence-electron chi connectivity index (χ1n) is 4.78. The second-order valence-corrected chi connectivity index (χ2v) is 6.03. The molecule has 0 spiro atoms. The molecule has 84 valence electrons. The van der Waals surface area contributed by atoms with Crippen molar-refractivity contribution in [3.8, 4) is 0 Å². The molecule has 0 radical (unpaired) electrons. The van der Waals surface area contributed by atoms with Crippen LogP contribution in [0.3, 0.4) is 0 Å². The number of hydrogen-bond acceptors (Lipinski definition) is 4. The van der Waals surface area contributed by atoms with Gasteiger partial charge in [-0.05, 0) is 28.8 Å². The summed E-state index contributed by atoms with van der Waals surface area (Å²) in [6.45, 7) is 3.86. The zero-order valence-corrected chi connectivity index (χ0v) is 11.1. The Hall–Kier alpha value is -0.290. The average Bonchev–Trinajstić information content (AvgIpc) is 2.95. The van der Waals surface area contributed by atoms with Crippen molar-refractivity contribution in [2.45, 2.75) is 31.9 Å². The van der Waals surface area contributed by atoms with E-state index in [2.05, 4.69) is 15.9 Å². The first kappa shape index (κ1) is 12.8. The topological polar surface area (TPSA) is 43.4 Å². The van der Waals surface area contributed by atoms with Crippen molar-refractivity contribution in [2.75, 3.05) is 0 Å². The minimum Gasteiger partial charge on any atom is -0.433 e. The Balaban J connectivity index is 2.36. The SMILES string of the molecule is CC(C)SC(=O)C(Br)=COC(=O)C1CC1. The highest BCUT2D eigenvalue weighted by Crippen LogP contribution is 2.30. The lowest BCUT2D eigenvalue weighted by atomic mass is 10.4. The van der Waals surface area contributed by atoms with E-state index >= 15 is 0 Å². The van der Waals surface area contributed by atoms with Crippen LogP contribution >= 0.6 is 27.7 Å². The molecule has 15 heavy (non-hydrogen) atoms. The van der Waals surface area contributed by atoms with Gasteiger partial charge in [0.05, 0.1) is 5.92 Å². The molecule has 0 aromatic heterocycles. The first-order chi connectivity index (χ1) is 7.00. The zero-order valence-electron chi connectivity index (χ0n) is 8.66. The molecule has 0 amide bonds. The number of carbonyl (C=O) groups is 2. The van der Waals surface area contributed by atoms with Gasteiger partial charge in [0.2, 0.25) is 5.12 Å². The van der Waals surface area contributed by atoms with Gasteiger partial charge in [0, 0.05) is 5.25 Å². The van der Waals surface area contributed by atoms with Gasteiger partial charge < -0.3 is 4.74 Å². The Kier molecular flexibility index (Phi) is 4.86. The fraction of sp³-hybridized carbons (Fsp3) is 0.600. The van der Waals surface area contributed by atoms with Crippen LogP contribution in [0.5, 0.6) is 0 Å². The number of hydrogen-bond donors (Lipinski definition) is 0. The van der Waals surface area contributed by atoms with Crippen LogP contribution in [0.15, 0.2) is 10.7 Å². The summed E-state index contributed by atoms with van der Waals surface area (Å²) in [5.74, 6) is -0.191. The van der Waals surface area contributed by atoms with Crippen molar-refractivity contribution in [1.82, 2.24) is 0 Å². The number of thioether (sulfide) groups is 1. The van der Waals surface area contributed by atoms with E-state index < -0.39 is 0 Å². The molecule has 1 fully saturated rings. The van der Waals surface area contributed by atoms with E-state index in [1.54, 1.807) is 0 Å². The van der Waals surface area contributed by atoms with Crippen molar-refractivity contribution in [3.05, 3.63) is 10.7 Å². The molecule has 1 aliphatic carbocycles. The summed E-state index contributed by atoms with van der Waals surface area (Å²) in [4.78, 5) is 22.6. The standard InChI is InChI=1S/C10H13BrO3S/c1-6(2)15-10(13)8(11)5-14-9(12)7-3-4-7/h5-7H,3-4H2,1-2H3. The minimum absolute atomic E-state index is 0.0504. The summed E-state index contributed by atoms with van der Waals surface area (Å²) in [7, 11) is 0. The van der Waals surface area contributed by atoms with Crippen molar-refractivity contribution in [3.63, 3.8) is 0 Å². The molecule has 3 nitrogen and oxygen atoms in total. The van der Waals surface area contributed by atoms with Crippen LogP contribution < -0.4 is 0 Å². The second kappa shape index (κ2) is 5.70. The molecule has 0 aliphatic heterocycles. The lowest BCUT2D eigenvalue weighted by molar-refractivity contribution is -0.139. The highest BCUT2D eigenvalue weighted by atomic mass is 79.9. The van der Waals surface area contributed by atoms with Gasteiger partial charge in [-0.3, -0.25) is 9.59 Å². The maximum absolute atomic E-state index is 11.4. The first-order valence-corrected chi connectivity index (χ1v) is 6.45. The molecule has 0 aromatic carbocycles. The van der Waals surface area contributed by atoms with Gasteiger partial charge in [-0.25, -0.2) is 0 Å². The van der Waals surface area contributed by atoms with Crippen LogP contribution in [0.25, 0.3) is 0 Å². The average molecular weight is 293 g/mol. The van der Waals surface area contributed by atoms with Crippen molar-refractivity contribution in [1.29, 1.82) is 0 Å². The number of rotatable bonds is 4. The largest absolute Gasteiger partial charge is 0.433 e. The van der Waals surface area contributed by atoms with Crippen LogP contribution in [-0.4, -0.2) is 16.3 Å².